The van der Waals surface area contributed by atoms with Crippen molar-refractivity contribution in [3.05, 3.63) is 28.5 Å². The van der Waals surface area contributed by atoms with Crippen LogP contribution in [-0.4, -0.2) is 17.2 Å². The van der Waals surface area contributed by atoms with Gasteiger partial charge in [-0.1, -0.05) is 11.6 Å². The van der Waals surface area contributed by atoms with Gasteiger partial charge in [-0.15, -0.1) is 0 Å². The Hall–Kier alpha value is -1.09. The van der Waals surface area contributed by atoms with E-state index in [1.54, 1.807) is 6.07 Å². The molecule has 0 fully saturated rings. The van der Waals surface area contributed by atoms with Crippen LogP contribution in [0.3, 0.4) is 0 Å². The summed E-state index contributed by atoms with van der Waals surface area (Å²) in [6, 6.07) is 3.82. The predicted molar refractivity (Wildman–Crippen MR) is 46.0 cm³/mol. The van der Waals surface area contributed by atoms with Gasteiger partial charge in [-0.3, -0.25) is 0 Å². The average molecular weight is 199 g/mol. The molecule has 13 heavy (non-hydrogen) atoms. The number of halogens is 2. The summed E-state index contributed by atoms with van der Waals surface area (Å²) < 4.78 is 12.9. The third-order valence-corrected chi connectivity index (χ3v) is 1.91. The van der Waals surface area contributed by atoms with Crippen LogP contribution < -0.4 is 5.46 Å². The van der Waals surface area contributed by atoms with Crippen molar-refractivity contribution in [3.8, 4) is 6.07 Å². The summed E-state index contributed by atoms with van der Waals surface area (Å²) in [5.74, 6) is -0.848. The molecule has 6 heteroatoms. The monoisotopic (exact) mass is 199 g/mol. The van der Waals surface area contributed by atoms with E-state index in [0.29, 0.717) is 0 Å². The van der Waals surface area contributed by atoms with Gasteiger partial charge in [0.1, 0.15) is 11.9 Å². The van der Waals surface area contributed by atoms with Crippen LogP contribution in [0.5, 0.6) is 0 Å². The zero-order valence-electron chi connectivity index (χ0n) is 6.33. The minimum atomic E-state index is -2.01. The van der Waals surface area contributed by atoms with Crippen molar-refractivity contribution in [2.45, 2.75) is 0 Å². The van der Waals surface area contributed by atoms with Crippen molar-refractivity contribution in [2.24, 2.45) is 0 Å². The van der Waals surface area contributed by atoms with Gasteiger partial charge in [0.25, 0.3) is 0 Å². The molecule has 0 radical (unpaired) electrons. The van der Waals surface area contributed by atoms with Crippen LogP contribution in [0, 0.1) is 17.1 Å². The van der Waals surface area contributed by atoms with E-state index in [0.717, 1.165) is 6.07 Å². The van der Waals surface area contributed by atoms with E-state index in [4.69, 9.17) is 26.9 Å². The molecule has 0 bridgehead atoms. The van der Waals surface area contributed by atoms with Crippen LogP contribution in [-0.2, 0) is 0 Å². The molecule has 0 atom stereocenters. The van der Waals surface area contributed by atoms with Crippen LogP contribution >= 0.6 is 11.6 Å². The van der Waals surface area contributed by atoms with Crippen LogP contribution in [0.15, 0.2) is 12.1 Å². The minimum absolute atomic E-state index is 0.00571. The van der Waals surface area contributed by atoms with Gasteiger partial charge in [0.05, 0.1) is 10.6 Å². The van der Waals surface area contributed by atoms with E-state index in [1.807, 2.05) is 0 Å². The quantitative estimate of drug-likeness (QED) is 0.627. The van der Waals surface area contributed by atoms with E-state index < -0.39 is 18.4 Å². The van der Waals surface area contributed by atoms with Gasteiger partial charge in [-0.25, -0.2) is 4.39 Å². The van der Waals surface area contributed by atoms with Crippen molar-refractivity contribution in [1.29, 1.82) is 5.26 Å². The highest BCUT2D eigenvalue weighted by molar-refractivity contribution is 6.63. The maximum atomic E-state index is 12.9. The Morgan fingerprint density at radius 1 is 1.46 bits per heavy atom. The molecule has 0 amide bonds. The highest BCUT2D eigenvalue weighted by atomic mass is 35.5. The second-order valence-electron chi connectivity index (χ2n) is 2.31. The fraction of sp³-hybridized carbons (Fsp3) is 0. The van der Waals surface area contributed by atoms with E-state index in [1.165, 1.54) is 6.07 Å². The number of nitrogens with zero attached hydrogens (tertiary/aromatic N) is 1. The van der Waals surface area contributed by atoms with Crippen LogP contribution in [0.2, 0.25) is 5.02 Å². The molecule has 3 nitrogen and oxygen atoms in total. The maximum Gasteiger partial charge on any atom is 0.493 e. The zero-order valence-corrected chi connectivity index (χ0v) is 7.09. The molecule has 1 aromatic rings. The smallest absolute Gasteiger partial charge is 0.423 e. The molecule has 0 aliphatic rings. The first kappa shape index (κ1) is 10.00. The molecule has 0 aromatic heterocycles. The predicted octanol–water partition coefficient (Wildman–Crippen LogP) is 0.0306. The Morgan fingerprint density at radius 3 is 2.54 bits per heavy atom. The summed E-state index contributed by atoms with van der Waals surface area (Å²) in [7, 11) is -2.01. The van der Waals surface area contributed by atoms with Gasteiger partial charge >= 0.3 is 7.12 Å². The van der Waals surface area contributed by atoms with Crippen molar-refractivity contribution in [3.63, 3.8) is 0 Å². The Labute approximate surface area is 79.1 Å². The van der Waals surface area contributed by atoms with Gasteiger partial charge in [0, 0.05) is 5.46 Å². The number of nitriles is 1. The lowest BCUT2D eigenvalue weighted by atomic mass is 9.79. The van der Waals surface area contributed by atoms with Crippen LogP contribution in [0.25, 0.3) is 0 Å². The summed E-state index contributed by atoms with van der Waals surface area (Å²) in [5.41, 5.74) is -0.466. The van der Waals surface area contributed by atoms with Crippen molar-refractivity contribution in [2.75, 3.05) is 0 Å². The first-order chi connectivity index (χ1) is 6.07. The molecular formula is C7H4BClFNO2. The van der Waals surface area contributed by atoms with Crippen molar-refractivity contribution >= 4 is 24.2 Å². The number of benzene rings is 1. The molecular weight excluding hydrogens is 195 g/mol. The molecule has 1 rings (SSSR count). The fourth-order valence-electron chi connectivity index (χ4n) is 0.892. The third kappa shape index (κ3) is 1.81. The molecule has 0 aliphatic carbocycles. The van der Waals surface area contributed by atoms with E-state index in [-0.39, 0.29) is 10.6 Å². The Bertz CT molecular complexity index is 377. The van der Waals surface area contributed by atoms with Gasteiger partial charge in [0.2, 0.25) is 0 Å². The molecule has 0 heterocycles. The lowest BCUT2D eigenvalue weighted by Crippen LogP contribution is -2.34. The maximum absolute atomic E-state index is 12.9. The third-order valence-electron chi connectivity index (χ3n) is 1.51. The Morgan fingerprint density at radius 2 is 2.08 bits per heavy atom. The van der Waals surface area contributed by atoms with Gasteiger partial charge < -0.3 is 10.0 Å². The fourth-order valence-corrected chi connectivity index (χ4v) is 1.19. The number of rotatable bonds is 1. The Balaban J connectivity index is 3.41. The highest BCUT2D eigenvalue weighted by Crippen LogP contribution is 2.14. The SMILES string of the molecule is N#Cc1ccc(F)c(B(O)O)c1Cl. The molecule has 0 saturated heterocycles. The van der Waals surface area contributed by atoms with Gasteiger partial charge in [-0.2, -0.15) is 5.26 Å². The normalized spacial score (nSPS) is 9.46. The van der Waals surface area contributed by atoms with Gasteiger partial charge in [-0.05, 0) is 12.1 Å². The lowest BCUT2D eigenvalue weighted by Gasteiger charge is -2.04. The molecule has 1 aromatic carbocycles. The van der Waals surface area contributed by atoms with Gasteiger partial charge in [0.15, 0.2) is 0 Å². The second kappa shape index (κ2) is 3.75. The molecule has 0 aliphatic heterocycles. The summed E-state index contributed by atoms with van der Waals surface area (Å²) in [5, 5.41) is 25.7. The zero-order chi connectivity index (χ0) is 10.0. The topological polar surface area (TPSA) is 64.2 Å². The second-order valence-corrected chi connectivity index (χ2v) is 2.69. The van der Waals surface area contributed by atoms with Crippen LogP contribution in [0.4, 0.5) is 4.39 Å². The first-order valence-electron chi connectivity index (χ1n) is 3.32. The summed E-state index contributed by atoms with van der Waals surface area (Å²) in [4.78, 5) is 0. The average Bonchev–Trinajstić information content (AvgIpc) is 2.04. The molecule has 0 saturated carbocycles. The summed E-state index contributed by atoms with van der Waals surface area (Å²) in [6.07, 6.45) is 0. The van der Waals surface area contributed by atoms with Crippen molar-refractivity contribution in [1.82, 2.24) is 0 Å². The largest absolute Gasteiger partial charge is 0.493 e. The molecule has 66 valence electrons. The summed E-state index contributed by atoms with van der Waals surface area (Å²) >= 11 is 5.53. The van der Waals surface area contributed by atoms with E-state index >= 15 is 0 Å². The highest BCUT2D eigenvalue weighted by Gasteiger charge is 2.22. The minimum Gasteiger partial charge on any atom is -0.423 e. The number of hydrogen-bond acceptors (Lipinski definition) is 3. The molecule has 0 unspecified atom stereocenters. The summed E-state index contributed by atoms with van der Waals surface area (Å²) in [6.45, 7) is 0. The standard InChI is InChI=1S/C7H4BClFNO2/c9-7-4(3-11)1-2-5(10)6(7)8(12)13/h1-2,12-13H. The Kier molecular flexibility index (Phi) is 2.88. The van der Waals surface area contributed by atoms with Crippen molar-refractivity contribution < 1.29 is 14.4 Å². The lowest BCUT2D eigenvalue weighted by molar-refractivity contribution is 0.423. The number of hydrogen-bond donors (Lipinski definition) is 2. The first-order valence-corrected chi connectivity index (χ1v) is 3.70. The van der Waals surface area contributed by atoms with E-state index in [9.17, 15) is 4.39 Å². The van der Waals surface area contributed by atoms with Crippen LogP contribution in [0.1, 0.15) is 5.56 Å². The molecule has 2 N–H and O–H groups in total. The molecule has 0 spiro atoms. The van der Waals surface area contributed by atoms with E-state index in [2.05, 4.69) is 0 Å².